The summed E-state index contributed by atoms with van der Waals surface area (Å²) < 4.78 is 5.04. The Bertz CT molecular complexity index is 546. The lowest BCUT2D eigenvalue weighted by atomic mass is 10.00. The topological polar surface area (TPSA) is 75.8 Å². The van der Waals surface area contributed by atoms with Crippen LogP contribution >= 0.6 is 0 Å². The molecule has 2 aliphatic rings. The van der Waals surface area contributed by atoms with E-state index in [4.69, 9.17) is 10.5 Å². The van der Waals surface area contributed by atoms with Gasteiger partial charge in [-0.15, -0.1) is 0 Å². The van der Waals surface area contributed by atoms with E-state index in [2.05, 4.69) is 4.90 Å². The van der Waals surface area contributed by atoms with E-state index in [0.29, 0.717) is 29.7 Å². The fraction of sp³-hybridized carbons (Fsp3) is 0.562. The van der Waals surface area contributed by atoms with Crippen molar-refractivity contribution in [2.24, 2.45) is 11.8 Å². The molecule has 3 N–H and O–H groups in total. The van der Waals surface area contributed by atoms with Gasteiger partial charge in [0.05, 0.1) is 29.6 Å². The molecule has 0 bridgehead atoms. The molecule has 2 fully saturated rings. The molecule has 1 saturated carbocycles. The molecule has 1 aliphatic carbocycles. The first-order valence-corrected chi connectivity index (χ1v) is 7.59. The summed E-state index contributed by atoms with van der Waals surface area (Å²) in [4.78, 5) is 14.0. The summed E-state index contributed by atoms with van der Waals surface area (Å²) in [5.41, 5.74) is 8.14. The van der Waals surface area contributed by atoms with Crippen molar-refractivity contribution in [1.29, 1.82) is 0 Å². The first kappa shape index (κ1) is 14.2. The number of carbonyl (C=O) groups excluding carboxylic acids is 1. The van der Waals surface area contributed by atoms with E-state index >= 15 is 0 Å². The third kappa shape index (κ3) is 2.58. The number of anilines is 2. The lowest BCUT2D eigenvalue weighted by molar-refractivity contribution is 0.0526. The summed E-state index contributed by atoms with van der Waals surface area (Å²) in [7, 11) is 0. The van der Waals surface area contributed by atoms with Gasteiger partial charge in [0.15, 0.2) is 0 Å². The van der Waals surface area contributed by atoms with Crippen LogP contribution in [0.15, 0.2) is 18.2 Å². The maximum Gasteiger partial charge on any atom is 0.338 e. The monoisotopic (exact) mass is 290 g/mol. The highest BCUT2D eigenvalue weighted by molar-refractivity contribution is 5.92. The summed E-state index contributed by atoms with van der Waals surface area (Å²) in [5.74, 6) is 0.541. The molecule has 0 spiro atoms. The maximum absolute atomic E-state index is 11.8. The molecule has 3 unspecified atom stereocenters. The molecule has 3 rings (SSSR count). The molecule has 21 heavy (non-hydrogen) atoms. The molecule has 1 aromatic rings. The van der Waals surface area contributed by atoms with E-state index in [1.807, 2.05) is 0 Å². The average molecular weight is 290 g/mol. The van der Waals surface area contributed by atoms with Crippen molar-refractivity contribution in [2.75, 3.05) is 30.3 Å². The number of fused-ring (bicyclic) bond motifs is 1. The third-order valence-corrected chi connectivity index (χ3v) is 4.70. The van der Waals surface area contributed by atoms with E-state index in [1.54, 1.807) is 25.1 Å². The lowest BCUT2D eigenvalue weighted by Gasteiger charge is -2.22. The molecular weight excluding hydrogens is 268 g/mol. The van der Waals surface area contributed by atoms with Crippen molar-refractivity contribution >= 4 is 17.3 Å². The summed E-state index contributed by atoms with van der Waals surface area (Å²) >= 11 is 0. The maximum atomic E-state index is 11.8. The minimum absolute atomic E-state index is 0.200. The summed E-state index contributed by atoms with van der Waals surface area (Å²) in [6, 6.07) is 5.26. The number of hydrogen-bond donors (Lipinski definition) is 2. The standard InChI is InChI=1S/C16H22N2O3/c1-2-21-16(20)10-3-5-13(17)14(7-10)18-8-11-4-6-15(19)12(11)9-18/h3,5,7,11-12,15,19H,2,4,6,8-9,17H2,1H3. The molecule has 1 saturated heterocycles. The normalized spacial score (nSPS) is 27.7. The second-order valence-electron chi connectivity index (χ2n) is 5.97. The van der Waals surface area contributed by atoms with E-state index < -0.39 is 0 Å². The van der Waals surface area contributed by atoms with Crippen LogP contribution in [0.2, 0.25) is 0 Å². The van der Waals surface area contributed by atoms with Gasteiger partial charge in [0.1, 0.15) is 0 Å². The fourth-order valence-corrected chi connectivity index (χ4v) is 3.59. The van der Waals surface area contributed by atoms with E-state index in [-0.39, 0.29) is 12.1 Å². The van der Waals surface area contributed by atoms with Crippen molar-refractivity contribution in [3.8, 4) is 0 Å². The Morgan fingerprint density at radius 1 is 1.43 bits per heavy atom. The number of ether oxygens (including phenoxy) is 1. The van der Waals surface area contributed by atoms with Crippen LogP contribution in [0, 0.1) is 11.8 Å². The van der Waals surface area contributed by atoms with Gasteiger partial charge < -0.3 is 20.5 Å². The quantitative estimate of drug-likeness (QED) is 0.654. The van der Waals surface area contributed by atoms with Crippen LogP contribution in [-0.2, 0) is 4.74 Å². The molecule has 5 heteroatoms. The third-order valence-electron chi connectivity index (χ3n) is 4.70. The highest BCUT2D eigenvalue weighted by atomic mass is 16.5. The number of rotatable bonds is 3. The van der Waals surface area contributed by atoms with Crippen LogP contribution in [0.5, 0.6) is 0 Å². The van der Waals surface area contributed by atoms with Crippen molar-refractivity contribution < 1.29 is 14.6 Å². The SMILES string of the molecule is CCOC(=O)c1ccc(N)c(N2CC3CCC(O)C3C2)c1. The number of carbonyl (C=O) groups is 1. The number of esters is 1. The summed E-state index contributed by atoms with van der Waals surface area (Å²) in [5, 5.41) is 10.0. The van der Waals surface area contributed by atoms with Gasteiger partial charge >= 0.3 is 5.97 Å². The van der Waals surface area contributed by atoms with Gasteiger partial charge in [0, 0.05) is 19.0 Å². The average Bonchev–Trinajstić information content (AvgIpc) is 3.02. The largest absolute Gasteiger partial charge is 0.462 e. The Morgan fingerprint density at radius 2 is 2.24 bits per heavy atom. The Labute approximate surface area is 124 Å². The van der Waals surface area contributed by atoms with E-state index in [9.17, 15) is 9.90 Å². The van der Waals surface area contributed by atoms with Gasteiger partial charge in [0.2, 0.25) is 0 Å². The first-order valence-electron chi connectivity index (χ1n) is 7.59. The fourth-order valence-electron chi connectivity index (χ4n) is 3.59. The van der Waals surface area contributed by atoms with E-state index in [1.165, 1.54) is 0 Å². The van der Waals surface area contributed by atoms with Crippen molar-refractivity contribution in [3.63, 3.8) is 0 Å². The molecule has 0 radical (unpaired) electrons. The molecule has 1 aliphatic heterocycles. The molecule has 1 aromatic carbocycles. The Hall–Kier alpha value is -1.75. The number of aliphatic hydroxyl groups excluding tert-OH is 1. The van der Waals surface area contributed by atoms with Crippen molar-refractivity contribution in [3.05, 3.63) is 23.8 Å². The molecule has 3 atom stereocenters. The van der Waals surface area contributed by atoms with Crippen molar-refractivity contribution in [2.45, 2.75) is 25.9 Å². The zero-order valence-electron chi connectivity index (χ0n) is 12.3. The molecule has 114 valence electrons. The highest BCUT2D eigenvalue weighted by Crippen LogP contribution is 2.41. The second-order valence-corrected chi connectivity index (χ2v) is 5.97. The van der Waals surface area contributed by atoms with E-state index in [0.717, 1.165) is 31.6 Å². The number of nitrogens with zero attached hydrogens (tertiary/aromatic N) is 1. The number of nitrogen functional groups attached to an aromatic ring is 1. The van der Waals surface area contributed by atoms with Gasteiger partial charge in [-0.2, -0.15) is 0 Å². The Morgan fingerprint density at radius 3 is 2.95 bits per heavy atom. The van der Waals surface area contributed by atoms with Gasteiger partial charge in [-0.3, -0.25) is 0 Å². The summed E-state index contributed by atoms with van der Waals surface area (Å²) in [6.07, 6.45) is 1.77. The van der Waals surface area contributed by atoms with Crippen molar-refractivity contribution in [1.82, 2.24) is 0 Å². The predicted molar refractivity (Wildman–Crippen MR) is 81.2 cm³/mol. The molecular formula is C16H22N2O3. The van der Waals surface area contributed by atoms with Crippen LogP contribution in [0.4, 0.5) is 11.4 Å². The Balaban J connectivity index is 1.82. The molecule has 5 nitrogen and oxygen atoms in total. The van der Waals surface area contributed by atoms with Crippen LogP contribution in [0.3, 0.4) is 0 Å². The minimum atomic E-state index is -0.321. The zero-order valence-corrected chi connectivity index (χ0v) is 12.3. The van der Waals surface area contributed by atoms with Gasteiger partial charge in [0.25, 0.3) is 0 Å². The minimum Gasteiger partial charge on any atom is -0.462 e. The first-order chi connectivity index (χ1) is 10.1. The Kier molecular flexibility index (Phi) is 3.76. The number of hydrogen-bond acceptors (Lipinski definition) is 5. The van der Waals surface area contributed by atoms with Crippen LogP contribution in [0.1, 0.15) is 30.1 Å². The van der Waals surface area contributed by atoms with Crippen LogP contribution in [0.25, 0.3) is 0 Å². The molecule has 0 aromatic heterocycles. The zero-order chi connectivity index (χ0) is 15.0. The second kappa shape index (κ2) is 5.56. The molecule has 1 heterocycles. The molecule has 0 amide bonds. The van der Waals surface area contributed by atoms with Gasteiger partial charge in [-0.05, 0) is 43.9 Å². The van der Waals surface area contributed by atoms with Crippen LogP contribution in [-0.4, -0.2) is 36.9 Å². The number of aliphatic hydroxyl groups is 1. The van der Waals surface area contributed by atoms with Gasteiger partial charge in [-0.1, -0.05) is 0 Å². The van der Waals surface area contributed by atoms with Gasteiger partial charge in [-0.25, -0.2) is 4.79 Å². The smallest absolute Gasteiger partial charge is 0.338 e. The number of benzene rings is 1. The lowest BCUT2D eigenvalue weighted by Crippen LogP contribution is -2.25. The predicted octanol–water partition coefficient (Wildman–Crippen LogP) is 1.65. The number of nitrogens with two attached hydrogens (primary N) is 1. The van der Waals surface area contributed by atoms with Crippen LogP contribution < -0.4 is 10.6 Å². The highest BCUT2D eigenvalue weighted by Gasteiger charge is 2.42. The summed E-state index contributed by atoms with van der Waals surface area (Å²) in [6.45, 7) is 3.86.